The highest BCUT2D eigenvalue weighted by molar-refractivity contribution is 6.05. The number of benzene rings is 1. The number of nitrogens with one attached hydrogen (secondary N) is 3. The SMILES string of the molecule is CCC(C)C1OC(=O)CC(O)C(C(C)CC)NC(=O)[C@H](NC(=O)[C@H](CC(C)C)N(C)C(=O)[C@@H]2CCCN2C(=O)[C@@H](C)O)[C@@H](C)OC(=O)[C@H](Cc2ccc(OC)cc2)N(C)C(=O)[C@@H]2CCCN2C(=O)[C@H](CC(C)C)NC(=O)C(C)C1=O. The van der Waals surface area contributed by atoms with Gasteiger partial charge in [-0.25, -0.2) is 4.79 Å². The third-order valence-electron chi connectivity index (χ3n) is 16.0. The number of likely N-dealkylation sites (N-methyl/N-ethyl adjacent to an activating group) is 2. The number of carbonyl (C=O) groups excluding carboxylic acids is 10. The zero-order valence-corrected chi connectivity index (χ0v) is 49.5. The molecule has 0 bridgehead atoms. The van der Waals surface area contributed by atoms with E-state index in [1.165, 1.54) is 61.6 Å². The molecule has 22 heteroatoms. The number of esters is 2. The fourth-order valence-corrected chi connectivity index (χ4v) is 10.7. The second-order valence-corrected chi connectivity index (χ2v) is 23.1. The minimum Gasteiger partial charge on any atom is -0.497 e. The number of Topliss-reactive ketones (excluding diaryl/α,β-unsaturated/α-hetero) is 1. The van der Waals surface area contributed by atoms with Gasteiger partial charge in [0, 0.05) is 39.5 Å². The summed E-state index contributed by atoms with van der Waals surface area (Å²) in [4.78, 5) is 149. The number of amides is 7. The zero-order valence-electron chi connectivity index (χ0n) is 49.5. The third-order valence-corrected chi connectivity index (χ3v) is 16.0. The van der Waals surface area contributed by atoms with Gasteiger partial charge in [0.2, 0.25) is 35.4 Å². The molecule has 6 unspecified atom stereocenters. The number of likely N-dealkylation sites (tertiary alicyclic amines) is 1. The summed E-state index contributed by atoms with van der Waals surface area (Å²) in [7, 11) is 4.30. The lowest BCUT2D eigenvalue weighted by molar-refractivity contribution is -0.163. The van der Waals surface area contributed by atoms with Crippen LogP contribution in [0.5, 0.6) is 5.75 Å². The Labute approximate surface area is 472 Å². The van der Waals surface area contributed by atoms with Gasteiger partial charge >= 0.3 is 11.9 Å². The highest BCUT2D eigenvalue weighted by Gasteiger charge is 2.46. The van der Waals surface area contributed by atoms with E-state index in [4.69, 9.17) is 14.2 Å². The molecule has 4 rings (SSSR count). The summed E-state index contributed by atoms with van der Waals surface area (Å²) in [6, 6.07) is -2.18. The van der Waals surface area contributed by atoms with Crippen LogP contribution in [0.2, 0.25) is 0 Å². The van der Waals surface area contributed by atoms with Gasteiger partial charge in [-0.15, -0.1) is 0 Å². The van der Waals surface area contributed by atoms with Crippen molar-refractivity contribution < 1.29 is 72.4 Å². The second kappa shape index (κ2) is 30.1. The van der Waals surface area contributed by atoms with Gasteiger partial charge in [-0.05, 0) is 101 Å². The third kappa shape index (κ3) is 17.0. The van der Waals surface area contributed by atoms with Crippen LogP contribution in [0.4, 0.5) is 0 Å². The fourth-order valence-electron chi connectivity index (χ4n) is 10.7. The van der Waals surface area contributed by atoms with Gasteiger partial charge in [0.05, 0.1) is 31.6 Å². The molecule has 0 radical (unpaired) electrons. The topological polar surface area (TPSA) is 288 Å². The van der Waals surface area contributed by atoms with Crippen molar-refractivity contribution in [1.82, 2.24) is 35.6 Å². The Hall–Kier alpha value is -6.16. The molecule has 0 saturated carbocycles. The van der Waals surface area contributed by atoms with E-state index in [1.807, 2.05) is 27.7 Å². The summed E-state index contributed by atoms with van der Waals surface area (Å²) in [6.45, 7) is 18.7. The van der Waals surface area contributed by atoms with E-state index < -0.39 is 150 Å². The summed E-state index contributed by atoms with van der Waals surface area (Å²) in [5.41, 5.74) is 0.572. The molecule has 80 heavy (non-hydrogen) atoms. The second-order valence-electron chi connectivity index (χ2n) is 23.1. The Kier molecular flexibility index (Phi) is 24.9. The number of aliphatic hydroxyl groups is 2. The number of fused-ring (bicyclic) bond motifs is 1. The molecule has 22 nitrogen and oxygen atoms in total. The number of methoxy groups -OCH3 is 1. The van der Waals surface area contributed by atoms with Gasteiger partial charge in [-0.3, -0.25) is 43.2 Å². The van der Waals surface area contributed by atoms with Gasteiger partial charge < -0.3 is 60.0 Å². The van der Waals surface area contributed by atoms with Gasteiger partial charge in [-0.2, -0.15) is 0 Å². The molecule has 0 aliphatic carbocycles. The summed E-state index contributed by atoms with van der Waals surface area (Å²) in [5, 5.41) is 30.3. The number of ketones is 1. The van der Waals surface area contributed by atoms with Crippen LogP contribution in [-0.4, -0.2) is 190 Å². The summed E-state index contributed by atoms with van der Waals surface area (Å²) >= 11 is 0. The Bertz CT molecular complexity index is 2350. The van der Waals surface area contributed by atoms with Crippen molar-refractivity contribution in [2.75, 3.05) is 34.3 Å². The molecule has 14 atom stereocenters. The van der Waals surface area contributed by atoms with Crippen molar-refractivity contribution in [1.29, 1.82) is 0 Å². The average Bonchev–Trinajstić information content (AvgIpc) is 4.18. The van der Waals surface area contributed by atoms with Crippen molar-refractivity contribution in [3.8, 4) is 5.75 Å². The first kappa shape index (κ1) is 66.4. The first-order valence-electron chi connectivity index (χ1n) is 28.6. The summed E-state index contributed by atoms with van der Waals surface area (Å²) in [5.74, 6) is -10.2. The number of carbonyl (C=O) groups is 10. The largest absolute Gasteiger partial charge is 0.497 e. The molecule has 1 aromatic rings. The van der Waals surface area contributed by atoms with E-state index in [2.05, 4.69) is 16.0 Å². The van der Waals surface area contributed by atoms with Crippen LogP contribution in [0.1, 0.15) is 140 Å². The van der Waals surface area contributed by atoms with Crippen LogP contribution in [0, 0.1) is 29.6 Å². The van der Waals surface area contributed by atoms with E-state index in [1.54, 1.807) is 52.0 Å². The van der Waals surface area contributed by atoms with E-state index in [9.17, 15) is 53.4 Å². The molecule has 0 spiro atoms. The quantitative estimate of drug-likeness (QED) is 0.118. The first-order chi connectivity index (χ1) is 37.6. The van der Waals surface area contributed by atoms with Crippen molar-refractivity contribution >= 4 is 59.1 Å². The van der Waals surface area contributed by atoms with Crippen molar-refractivity contribution in [3.63, 3.8) is 0 Å². The zero-order chi connectivity index (χ0) is 60.0. The average molecular weight is 1130 g/mol. The maximum absolute atomic E-state index is 15.0. The minimum absolute atomic E-state index is 0.0723. The highest BCUT2D eigenvalue weighted by atomic mass is 16.6. The molecule has 0 aromatic heterocycles. The van der Waals surface area contributed by atoms with Crippen LogP contribution < -0.4 is 20.7 Å². The number of cyclic esters (lactones) is 2. The van der Waals surface area contributed by atoms with E-state index in [-0.39, 0.29) is 57.0 Å². The minimum atomic E-state index is -1.76. The van der Waals surface area contributed by atoms with Crippen LogP contribution in [0.25, 0.3) is 0 Å². The van der Waals surface area contributed by atoms with E-state index >= 15 is 4.79 Å². The van der Waals surface area contributed by atoms with Crippen LogP contribution >= 0.6 is 0 Å². The Morgan fingerprint density at radius 2 is 1.46 bits per heavy atom. The number of nitrogens with zero attached hydrogens (tertiary/aromatic N) is 4. The molecule has 5 N–H and O–H groups in total. The van der Waals surface area contributed by atoms with Crippen LogP contribution in [0.15, 0.2) is 24.3 Å². The fraction of sp³-hybridized carbons (Fsp3) is 0.724. The Morgan fingerprint density at radius 3 is 2.04 bits per heavy atom. The lowest BCUT2D eigenvalue weighted by Crippen LogP contribution is -2.62. The molecule has 1 aromatic carbocycles. The molecule has 3 fully saturated rings. The summed E-state index contributed by atoms with van der Waals surface area (Å²) in [6.07, 6.45) is -4.63. The molecule has 3 saturated heterocycles. The number of ether oxygens (including phenoxy) is 3. The molecule has 3 heterocycles. The molecule has 3 aliphatic heterocycles. The van der Waals surface area contributed by atoms with Crippen molar-refractivity contribution in [3.05, 3.63) is 29.8 Å². The number of hydrogen-bond acceptors (Lipinski definition) is 15. The maximum atomic E-state index is 15.0. The monoisotopic (exact) mass is 1130 g/mol. The first-order valence-corrected chi connectivity index (χ1v) is 28.6. The lowest BCUT2D eigenvalue weighted by atomic mass is 9.90. The van der Waals surface area contributed by atoms with Gasteiger partial charge in [0.25, 0.3) is 5.91 Å². The van der Waals surface area contributed by atoms with Crippen LogP contribution in [-0.2, 0) is 63.8 Å². The van der Waals surface area contributed by atoms with Crippen LogP contribution in [0.3, 0.4) is 0 Å². The predicted molar refractivity (Wildman–Crippen MR) is 295 cm³/mol. The maximum Gasteiger partial charge on any atom is 0.329 e. The Morgan fingerprint density at radius 1 is 0.838 bits per heavy atom. The predicted octanol–water partition coefficient (Wildman–Crippen LogP) is 2.71. The molecule has 7 amide bonds. The normalized spacial score (nSPS) is 27.8. The van der Waals surface area contributed by atoms with E-state index in [0.717, 1.165) is 0 Å². The molecule has 3 aliphatic rings. The van der Waals surface area contributed by atoms with Gasteiger partial charge in [0.15, 0.2) is 11.9 Å². The summed E-state index contributed by atoms with van der Waals surface area (Å²) < 4.78 is 17.3. The smallest absolute Gasteiger partial charge is 0.329 e. The van der Waals surface area contributed by atoms with Crippen molar-refractivity contribution in [2.45, 2.75) is 207 Å². The molecular weight excluding hydrogens is 1030 g/mol. The lowest BCUT2D eigenvalue weighted by Gasteiger charge is -2.36. The standard InChI is InChI=1S/C58H91N7O15/c1-15-33(7)47-45(67)30-46(68)80-50(34(8)16-2)49(69)35(9)51(70)59-40(27-31(3)4)55(74)65-26-18-20-42(65)57(76)63(13)44(29-38-21-23-39(78-14)24-22-38)58(77)79-37(11)48(53(72)60-47)61-52(71)43(28-32(5)6)62(12)56(75)41-19-17-25-64(41)54(73)36(10)66/h21-24,31-37,40-45,47-48,50,66-67H,15-20,25-30H2,1-14H3,(H,59,70)(H,60,72)(H,61,71)/t33?,34?,35?,36-,37-,40+,41+,42+,43+,44+,45?,47?,48-,50?/m1/s1. The van der Waals surface area contributed by atoms with E-state index in [0.29, 0.717) is 37.0 Å². The number of hydrogen-bond donors (Lipinski definition) is 5. The molecular formula is C58H91N7O15. The number of aliphatic hydroxyl groups excluding tert-OH is 2. The molecule has 448 valence electrons. The van der Waals surface area contributed by atoms with Crippen molar-refractivity contribution in [2.24, 2.45) is 29.6 Å². The van der Waals surface area contributed by atoms with Gasteiger partial charge in [0.1, 0.15) is 54.2 Å². The number of rotatable bonds is 16. The van der Waals surface area contributed by atoms with Gasteiger partial charge in [-0.1, -0.05) is 73.9 Å². The Balaban J connectivity index is 1.90. The highest BCUT2D eigenvalue weighted by Crippen LogP contribution is 2.28.